The number of hydrogen-bond acceptors (Lipinski definition) is 6. The number of carbonyl (C=O) groups is 3. The Balaban J connectivity index is 2.20. The van der Waals surface area contributed by atoms with E-state index in [1.54, 1.807) is 55.5 Å². The molecule has 0 aliphatic rings. The minimum atomic E-state index is -1.11. The molecule has 164 valence electrons. The molecule has 0 radical (unpaired) electrons. The van der Waals surface area contributed by atoms with Crippen LogP contribution in [0.3, 0.4) is 0 Å². The molecule has 31 heavy (non-hydrogen) atoms. The topological polar surface area (TPSA) is 122 Å². The number of carbonyl (C=O) groups excluding carboxylic acids is 2. The van der Waals surface area contributed by atoms with Gasteiger partial charge in [0.15, 0.2) is 5.78 Å². The Morgan fingerprint density at radius 2 is 1.84 bits per heavy atom. The van der Waals surface area contributed by atoms with Gasteiger partial charge in [-0.1, -0.05) is 25.1 Å². The summed E-state index contributed by atoms with van der Waals surface area (Å²) in [6, 6.07) is 13.2. The van der Waals surface area contributed by atoms with E-state index >= 15 is 0 Å². The summed E-state index contributed by atoms with van der Waals surface area (Å²) in [6.07, 6.45) is 0.886. The highest BCUT2D eigenvalue weighted by atomic mass is 16.6. The number of Topliss-reactive ketones (excluding diaryl/α,β-unsaturated/α-hetero) is 1. The van der Waals surface area contributed by atoms with Gasteiger partial charge in [0, 0.05) is 23.2 Å². The minimum Gasteiger partial charge on any atom is -0.491 e. The number of carboxylic acids is 1. The van der Waals surface area contributed by atoms with Crippen molar-refractivity contribution >= 4 is 23.5 Å². The zero-order valence-corrected chi connectivity index (χ0v) is 17.3. The number of ether oxygens (including phenoxy) is 2. The van der Waals surface area contributed by atoms with Gasteiger partial charge in [-0.05, 0) is 48.9 Å². The van der Waals surface area contributed by atoms with Crippen molar-refractivity contribution in [1.82, 2.24) is 0 Å². The van der Waals surface area contributed by atoms with Gasteiger partial charge in [0.1, 0.15) is 18.5 Å². The van der Waals surface area contributed by atoms with Crippen molar-refractivity contribution in [2.75, 3.05) is 18.5 Å². The fourth-order valence-electron chi connectivity index (χ4n) is 2.81. The number of amides is 1. The molecule has 0 bridgehead atoms. The number of aliphatic hydroxyl groups is 1. The highest BCUT2D eigenvalue weighted by molar-refractivity contribution is 5.95. The lowest BCUT2D eigenvalue weighted by atomic mass is 9.96. The molecule has 0 aromatic heterocycles. The number of aliphatic hydroxyl groups excluding tert-OH is 1. The number of ketones is 1. The molecule has 1 amide bonds. The van der Waals surface area contributed by atoms with E-state index in [1.165, 1.54) is 13.0 Å². The largest absolute Gasteiger partial charge is 0.491 e. The number of nitrogens with one attached hydrogen (secondary N) is 1. The summed E-state index contributed by atoms with van der Waals surface area (Å²) in [5.41, 5.74) is 1.56. The Morgan fingerprint density at radius 1 is 1.13 bits per heavy atom. The fraction of sp³-hybridized carbons (Fsp3) is 0.261. The third kappa shape index (κ3) is 7.60. The van der Waals surface area contributed by atoms with E-state index in [2.05, 4.69) is 5.32 Å². The first-order valence-corrected chi connectivity index (χ1v) is 9.63. The third-order valence-corrected chi connectivity index (χ3v) is 4.34. The summed E-state index contributed by atoms with van der Waals surface area (Å²) in [7, 11) is 0. The van der Waals surface area contributed by atoms with Crippen LogP contribution in [0.15, 0.2) is 60.7 Å². The first-order chi connectivity index (χ1) is 14.8. The lowest BCUT2D eigenvalue weighted by Gasteiger charge is -2.23. The molecule has 0 spiro atoms. The summed E-state index contributed by atoms with van der Waals surface area (Å²) in [5.74, 6) is -1.18. The number of anilines is 1. The molecule has 0 saturated carbocycles. The Morgan fingerprint density at radius 3 is 2.45 bits per heavy atom. The molecule has 2 atom stereocenters. The predicted molar refractivity (Wildman–Crippen MR) is 114 cm³/mol. The average Bonchev–Trinajstić information content (AvgIpc) is 2.75. The lowest BCUT2D eigenvalue weighted by Crippen LogP contribution is -2.21. The van der Waals surface area contributed by atoms with Crippen molar-refractivity contribution in [2.45, 2.75) is 20.0 Å². The second-order valence-corrected chi connectivity index (χ2v) is 6.79. The van der Waals surface area contributed by atoms with Crippen molar-refractivity contribution in [2.24, 2.45) is 5.92 Å². The maximum absolute atomic E-state index is 12.5. The van der Waals surface area contributed by atoms with E-state index in [-0.39, 0.29) is 19.0 Å². The van der Waals surface area contributed by atoms with E-state index < -0.39 is 24.1 Å². The third-order valence-electron chi connectivity index (χ3n) is 4.34. The maximum atomic E-state index is 12.5. The Hall–Kier alpha value is -3.65. The monoisotopic (exact) mass is 427 g/mol. The molecule has 0 saturated heterocycles. The predicted octanol–water partition coefficient (Wildman–Crippen LogP) is 3.83. The van der Waals surface area contributed by atoms with Gasteiger partial charge in [-0.2, -0.15) is 0 Å². The smallest absolute Gasteiger partial charge is 0.412 e. The van der Waals surface area contributed by atoms with Crippen LogP contribution < -0.4 is 10.1 Å². The molecule has 8 heteroatoms. The van der Waals surface area contributed by atoms with Crippen molar-refractivity contribution in [3.05, 3.63) is 71.8 Å². The van der Waals surface area contributed by atoms with E-state index in [1.807, 2.05) is 0 Å². The molecular formula is C23H25NO7. The zero-order valence-electron chi connectivity index (χ0n) is 17.3. The number of benzene rings is 2. The summed E-state index contributed by atoms with van der Waals surface area (Å²) >= 11 is 0. The van der Waals surface area contributed by atoms with Gasteiger partial charge in [-0.25, -0.2) is 9.59 Å². The van der Waals surface area contributed by atoms with Crippen molar-refractivity contribution in [3.8, 4) is 5.75 Å². The number of carboxylic acid groups (broad SMARTS) is 1. The van der Waals surface area contributed by atoms with Crippen molar-refractivity contribution < 1.29 is 34.1 Å². The molecule has 0 aliphatic carbocycles. The minimum absolute atomic E-state index is 0.0865. The van der Waals surface area contributed by atoms with Gasteiger partial charge in [-0.3, -0.25) is 10.1 Å². The summed E-state index contributed by atoms with van der Waals surface area (Å²) in [5, 5.41) is 20.5. The molecule has 2 aromatic carbocycles. The highest BCUT2D eigenvalue weighted by Gasteiger charge is 2.23. The van der Waals surface area contributed by atoms with Gasteiger partial charge < -0.3 is 19.7 Å². The number of hydrogen-bond donors (Lipinski definition) is 3. The van der Waals surface area contributed by atoms with Crippen molar-refractivity contribution in [3.63, 3.8) is 0 Å². The van der Waals surface area contributed by atoms with Gasteiger partial charge in [0.05, 0.1) is 6.61 Å². The Labute approximate surface area is 180 Å². The van der Waals surface area contributed by atoms with Crippen LogP contribution in [-0.2, 0) is 9.53 Å². The quantitative estimate of drug-likeness (QED) is 0.389. The molecule has 0 aliphatic heterocycles. The van der Waals surface area contributed by atoms with Gasteiger partial charge in [0.25, 0.3) is 0 Å². The molecule has 3 N–H and O–H groups in total. The zero-order chi connectivity index (χ0) is 22.8. The number of aliphatic carboxylic acids is 1. The second-order valence-electron chi connectivity index (χ2n) is 6.79. The van der Waals surface area contributed by atoms with E-state index in [0.29, 0.717) is 22.6 Å². The van der Waals surface area contributed by atoms with Crippen LogP contribution in [-0.4, -0.2) is 41.3 Å². The summed E-state index contributed by atoms with van der Waals surface area (Å²) in [6.45, 7) is 3.14. The maximum Gasteiger partial charge on any atom is 0.412 e. The summed E-state index contributed by atoms with van der Waals surface area (Å²) in [4.78, 5) is 34.8. The van der Waals surface area contributed by atoms with Crippen LogP contribution in [0.4, 0.5) is 10.5 Å². The van der Waals surface area contributed by atoms with Gasteiger partial charge in [0.2, 0.25) is 0 Å². The molecule has 0 fully saturated rings. The standard InChI is InChI=1S/C23H25NO7/c1-15(6-11-21(27)28)22(18-4-3-5-20(14-18)30-13-12-25)31-23(29)24-19-9-7-17(8-10-19)16(2)26/h3-11,14-15,22,25H,12-13H2,1-2H3,(H,24,29)(H,27,28)/b11-6+/t15-,22-/m1/s1. The normalized spacial score (nSPS) is 12.7. The van der Waals surface area contributed by atoms with Crippen LogP contribution >= 0.6 is 0 Å². The lowest BCUT2D eigenvalue weighted by molar-refractivity contribution is -0.131. The highest BCUT2D eigenvalue weighted by Crippen LogP contribution is 2.30. The molecule has 0 unspecified atom stereocenters. The van der Waals surface area contributed by atoms with Crippen LogP contribution in [0.1, 0.15) is 35.9 Å². The number of rotatable bonds is 10. The molecule has 8 nitrogen and oxygen atoms in total. The van der Waals surface area contributed by atoms with E-state index in [0.717, 1.165) is 6.08 Å². The van der Waals surface area contributed by atoms with Crippen molar-refractivity contribution in [1.29, 1.82) is 0 Å². The SMILES string of the molecule is CC(=O)c1ccc(NC(=O)O[C@@H](c2cccc(OCCO)c2)[C@H](C)/C=C/C(=O)O)cc1. The Bertz CT molecular complexity index is 937. The van der Waals surface area contributed by atoms with Gasteiger partial charge >= 0.3 is 12.1 Å². The van der Waals surface area contributed by atoms with E-state index in [4.69, 9.17) is 19.7 Å². The second kappa shape index (κ2) is 11.5. The fourth-order valence-corrected chi connectivity index (χ4v) is 2.81. The molecule has 2 aromatic rings. The Kier molecular flexibility index (Phi) is 8.78. The van der Waals surface area contributed by atoms with Crippen LogP contribution in [0.25, 0.3) is 0 Å². The molecule has 2 rings (SSSR count). The van der Waals surface area contributed by atoms with Crippen LogP contribution in [0.2, 0.25) is 0 Å². The molecule has 0 heterocycles. The van der Waals surface area contributed by atoms with Gasteiger partial charge in [-0.15, -0.1) is 0 Å². The first-order valence-electron chi connectivity index (χ1n) is 9.63. The molecular weight excluding hydrogens is 402 g/mol. The summed E-state index contributed by atoms with van der Waals surface area (Å²) < 4.78 is 11.0. The van der Waals surface area contributed by atoms with Crippen LogP contribution in [0.5, 0.6) is 5.75 Å². The first kappa shape index (κ1) is 23.6. The van der Waals surface area contributed by atoms with E-state index in [9.17, 15) is 14.4 Å². The average molecular weight is 427 g/mol. The van der Waals surface area contributed by atoms with Crippen LogP contribution in [0, 0.1) is 5.92 Å².